The van der Waals surface area contributed by atoms with Gasteiger partial charge in [0.15, 0.2) is 0 Å². The lowest BCUT2D eigenvalue weighted by atomic mass is 9.98. The highest BCUT2D eigenvalue weighted by molar-refractivity contribution is 5.89. The number of hydrogen-bond donors (Lipinski definition) is 2. The average Bonchev–Trinajstić information content (AvgIpc) is 3.43. The van der Waals surface area contributed by atoms with Crippen molar-refractivity contribution >= 4 is 18.0 Å². The molecule has 0 aromatic heterocycles. The summed E-state index contributed by atoms with van der Waals surface area (Å²) in [5.74, 6) is -1.61. The number of ether oxygens (including phenoxy) is 1. The third kappa shape index (κ3) is 4.37. The molecule has 2 aliphatic heterocycles. The molecular formula is C26H29N3O5. The first-order valence-electron chi connectivity index (χ1n) is 11.9. The molecule has 8 heteroatoms. The van der Waals surface area contributed by atoms with Gasteiger partial charge in [0, 0.05) is 31.6 Å². The first kappa shape index (κ1) is 22.4. The van der Waals surface area contributed by atoms with Gasteiger partial charge in [0.05, 0.1) is 6.42 Å². The average molecular weight is 464 g/mol. The molecule has 34 heavy (non-hydrogen) atoms. The number of nitrogens with zero attached hydrogens (tertiary/aromatic N) is 2. The number of piperazine rings is 1. The van der Waals surface area contributed by atoms with E-state index in [1.807, 2.05) is 36.4 Å². The quantitative estimate of drug-likeness (QED) is 0.684. The summed E-state index contributed by atoms with van der Waals surface area (Å²) in [6.45, 7) is 3.04. The van der Waals surface area contributed by atoms with Crippen molar-refractivity contribution in [3.8, 4) is 11.1 Å². The summed E-state index contributed by atoms with van der Waals surface area (Å²) in [7, 11) is 0. The molecule has 2 saturated heterocycles. The number of amides is 2. The van der Waals surface area contributed by atoms with E-state index >= 15 is 0 Å². The lowest BCUT2D eigenvalue weighted by Crippen LogP contribution is -2.57. The van der Waals surface area contributed by atoms with Gasteiger partial charge in [0.2, 0.25) is 5.91 Å². The van der Waals surface area contributed by atoms with Crippen LogP contribution in [0.25, 0.3) is 11.1 Å². The summed E-state index contributed by atoms with van der Waals surface area (Å²) >= 11 is 0. The van der Waals surface area contributed by atoms with Gasteiger partial charge in [-0.05, 0) is 41.6 Å². The SMILES string of the molecule is O=C(O)CC(NC(=O)OCC1c2ccccc2-c2ccccc21)C(=O)N1CCN2CCCC2C1. The number of fused-ring (bicyclic) bond motifs is 4. The second-order valence-corrected chi connectivity index (χ2v) is 9.24. The zero-order chi connectivity index (χ0) is 23.7. The maximum Gasteiger partial charge on any atom is 0.407 e. The lowest BCUT2D eigenvalue weighted by Gasteiger charge is -2.38. The van der Waals surface area contributed by atoms with Crippen molar-refractivity contribution in [3.63, 3.8) is 0 Å². The molecule has 5 rings (SSSR count). The molecule has 2 atom stereocenters. The normalized spacial score (nSPS) is 20.2. The fraction of sp³-hybridized carbons (Fsp3) is 0.423. The highest BCUT2D eigenvalue weighted by Crippen LogP contribution is 2.44. The van der Waals surface area contributed by atoms with Gasteiger partial charge in [-0.25, -0.2) is 4.79 Å². The Kier molecular flexibility index (Phi) is 6.24. The molecule has 178 valence electrons. The van der Waals surface area contributed by atoms with E-state index in [2.05, 4.69) is 22.3 Å². The number of aliphatic carboxylic acids is 1. The first-order valence-corrected chi connectivity index (χ1v) is 11.9. The van der Waals surface area contributed by atoms with Crippen LogP contribution in [0.2, 0.25) is 0 Å². The number of benzene rings is 2. The Balaban J connectivity index is 1.24. The molecule has 2 fully saturated rings. The predicted octanol–water partition coefficient (Wildman–Crippen LogP) is 2.68. The van der Waals surface area contributed by atoms with Gasteiger partial charge in [-0.15, -0.1) is 0 Å². The number of hydrogen-bond acceptors (Lipinski definition) is 5. The Labute approximate surface area is 198 Å². The minimum atomic E-state index is -1.15. The van der Waals surface area contributed by atoms with Crippen molar-refractivity contribution in [2.75, 3.05) is 32.8 Å². The van der Waals surface area contributed by atoms with Gasteiger partial charge in [-0.2, -0.15) is 0 Å². The van der Waals surface area contributed by atoms with E-state index in [-0.39, 0.29) is 18.4 Å². The molecule has 2 heterocycles. The van der Waals surface area contributed by atoms with E-state index in [1.54, 1.807) is 4.90 Å². The molecule has 0 bridgehead atoms. The fourth-order valence-corrected chi connectivity index (χ4v) is 5.57. The van der Waals surface area contributed by atoms with Crippen LogP contribution in [0.15, 0.2) is 48.5 Å². The molecule has 8 nitrogen and oxygen atoms in total. The molecule has 3 aliphatic rings. The number of carbonyl (C=O) groups excluding carboxylic acids is 2. The Morgan fingerprint density at radius 3 is 2.35 bits per heavy atom. The van der Waals surface area contributed by atoms with Crippen molar-refractivity contribution in [2.24, 2.45) is 0 Å². The monoisotopic (exact) mass is 463 g/mol. The van der Waals surface area contributed by atoms with Crippen molar-refractivity contribution in [3.05, 3.63) is 59.7 Å². The molecule has 2 unspecified atom stereocenters. The third-order valence-electron chi connectivity index (χ3n) is 7.21. The third-order valence-corrected chi connectivity index (χ3v) is 7.21. The van der Waals surface area contributed by atoms with Gasteiger partial charge in [-0.1, -0.05) is 48.5 Å². The largest absolute Gasteiger partial charge is 0.481 e. The Morgan fingerprint density at radius 1 is 1.00 bits per heavy atom. The van der Waals surface area contributed by atoms with E-state index < -0.39 is 24.5 Å². The maximum absolute atomic E-state index is 13.1. The van der Waals surface area contributed by atoms with E-state index in [9.17, 15) is 19.5 Å². The summed E-state index contributed by atoms with van der Waals surface area (Å²) in [5, 5.41) is 11.9. The molecular weight excluding hydrogens is 434 g/mol. The second-order valence-electron chi connectivity index (χ2n) is 9.24. The summed E-state index contributed by atoms with van der Waals surface area (Å²) in [6, 6.07) is 15.2. The Hall–Kier alpha value is -3.39. The summed E-state index contributed by atoms with van der Waals surface area (Å²) in [4.78, 5) is 41.3. The molecule has 0 spiro atoms. The number of carboxylic acid groups (broad SMARTS) is 1. The van der Waals surface area contributed by atoms with E-state index in [0.717, 1.165) is 48.2 Å². The standard InChI is InChI=1S/C26H29N3O5/c30-24(31)14-23(25(32)29-13-12-28-11-5-6-17(28)15-29)27-26(33)34-16-22-20-9-3-1-7-18(20)19-8-2-4-10-21(19)22/h1-4,7-10,17,22-23H,5-6,11-16H2,(H,27,33)(H,30,31). The zero-order valence-corrected chi connectivity index (χ0v) is 19.0. The smallest absolute Gasteiger partial charge is 0.407 e. The van der Waals surface area contributed by atoms with Crippen molar-refractivity contribution in [1.82, 2.24) is 15.1 Å². The highest BCUT2D eigenvalue weighted by atomic mass is 16.5. The van der Waals surface area contributed by atoms with Crippen LogP contribution in [0, 0.1) is 0 Å². The molecule has 2 aromatic rings. The fourth-order valence-electron chi connectivity index (χ4n) is 5.57. The van der Waals surface area contributed by atoms with Crippen molar-refractivity contribution < 1.29 is 24.2 Å². The van der Waals surface area contributed by atoms with Crippen LogP contribution < -0.4 is 5.32 Å². The molecule has 2 aromatic carbocycles. The minimum absolute atomic E-state index is 0.106. The number of alkyl carbamates (subject to hydrolysis) is 1. The van der Waals surface area contributed by atoms with Crippen LogP contribution in [0.5, 0.6) is 0 Å². The minimum Gasteiger partial charge on any atom is -0.481 e. The molecule has 2 N–H and O–H groups in total. The number of rotatable bonds is 6. The van der Waals surface area contributed by atoms with Crippen molar-refractivity contribution in [1.29, 1.82) is 0 Å². The number of carbonyl (C=O) groups is 3. The summed E-state index contributed by atoms with van der Waals surface area (Å²) in [5.41, 5.74) is 4.42. The summed E-state index contributed by atoms with van der Waals surface area (Å²) < 4.78 is 5.54. The highest BCUT2D eigenvalue weighted by Gasteiger charge is 2.36. The van der Waals surface area contributed by atoms with Crippen LogP contribution in [0.1, 0.15) is 36.3 Å². The van der Waals surface area contributed by atoms with E-state index in [4.69, 9.17) is 4.74 Å². The molecule has 0 radical (unpaired) electrons. The van der Waals surface area contributed by atoms with Gasteiger partial charge < -0.3 is 20.1 Å². The maximum atomic E-state index is 13.1. The lowest BCUT2D eigenvalue weighted by molar-refractivity contribution is -0.143. The van der Waals surface area contributed by atoms with Crippen LogP contribution in [0.4, 0.5) is 4.79 Å². The van der Waals surface area contributed by atoms with Crippen LogP contribution >= 0.6 is 0 Å². The van der Waals surface area contributed by atoms with Gasteiger partial charge in [0.25, 0.3) is 0 Å². The summed E-state index contributed by atoms with van der Waals surface area (Å²) in [6.07, 6.45) is 0.894. The molecule has 0 saturated carbocycles. The first-order chi connectivity index (χ1) is 16.5. The van der Waals surface area contributed by atoms with Gasteiger partial charge >= 0.3 is 12.1 Å². The molecule has 2 amide bonds. The Bertz CT molecular complexity index is 1060. The van der Waals surface area contributed by atoms with Crippen molar-refractivity contribution in [2.45, 2.75) is 37.3 Å². The number of carboxylic acids is 1. The van der Waals surface area contributed by atoms with Gasteiger partial charge in [0.1, 0.15) is 12.6 Å². The van der Waals surface area contributed by atoms with Crippen LogP contribution in [-0.4, -0.2) is 77.7 Å². The zero-order valence-electron chi connectivity index (χ0n) is 19.0. The van der Waals surface area contributed by atoms with Gasteiger partial charge in [-0.3, -0.25) is 14.5 Å². The Morgan fingerprint density at radius 2 is 1.68 bits per heavy atom. The van der Waals surface area contributed by atoms with E-state index in [1.165, 1.54) is 0 Å². The topological polar surface area (TPSA) is 99.2 Å². The van der Waals surface area contributed by atoms with Crippen LogP contribution in [0.3, 0.4) is 0 Å². The van der Waals surface area contributed by atoms with E-state index in [0.29, 0.717) is 19.1 Å². The number of nitrogens with one attached hydrogen (secondary N) is 1. The second kappa shape index (κ2) is 9.46. The van der Waals surface area contributed by atoms with Crippen LogP contribution in [-0.2, 0) is 14.3 Å². The predicted molar refractivity (Wildman–Crippen MR) is 125 cm³/mol. The molecule has 1 aliphatic carbocycles.